The molecule has 0 bridgehead atoms. The van der Waals surface area contributed by atoms with Crippen molar-refractivity contribution in [2.24, 2.45) is 0 Å². The van der Waals surface area contributed by atoms with Gasteiger partial charge in [-0.2, -0.15) is 0 Å². The van der Waals surface area contributed by atoms with Crippen molar-refractivity contribution >= 4 is 16.0 Å². The lowest BCUT2D eigenvalue weighted by Crippen LogP contribution is -2.31. The normalized spacial score (nSPS) is 10.1. The van der Waals surface area contributed by atoms with Gasteiger partial charge in [0, 0.05) is 14.2 Å². The molecule has 1 amide bonds. The van der Waals surface area contributed by atoms with Gasteiger partial charge in [0.05, 0.1) is 7.11 Å². The molecule has 0 spiro atoms. The Bertz CT molecular complexity index is 97.8. The SMILES string of the molecule is CO[SiH2]N(C)C(=O)OC. The Kier molecular flexibility index (Phi) is 4.07. The third-order valence-electron chi connectivity index (χ3n) is 0.809. The van der Waals surface area contributed by atoms with Crippen molar-refractivity contribution in [1.29, 1.82) is 0 Å². The highest BCUT2D eigenvalue weighted by Crippen LogP contribution is 1.83. The summed E-state index contributed by atoms with van der Waals surface area (Å²) in [6.07, 6.45) is -0.330. The quantitative estimate of drug-likeness (QED) is 0.489. The van der Waals surface area contributed by atoms with Crippen molar-refractivity contribution in [3.63, 3.8) is 0 Å². The van der Waals surface area contributed by atoms with Crippen LogP contribution in [0.25, 0.3) is 0 Å². The van der Waals surface area contributed by atoms with Crippen molar-refractivity contribution in [2.75, 3.05) is 21.3 Å². The van der Waals surface area contributed by atoms with Gasteiger partial charge in [-0.25, -0.2) is 4.79 Å². The molecule has 9 heavy (non-hydrogen) atoms. The Morgan fingerprint density at radius 2 is 2.11 bits per heavy atom. The molecule has 0 fully saturated rings. The van der Waals surface area contributed by atoms with Crippen molar-refractivity contribution in [3.05, 3.63) is 0 Å². The monoisotopic (exact) mass is 149 g/mol. The Morgan fingerprint density at radius 3 is 2.44 bits per heavy atom. The molecule has 0 rings (SSSR count). The van der Waals surface area contributed by atoms with Gasteiger partial charge in [0.2, 0.25) is 0 Å². The molecule has 4 nitrogen and oxygen atoms in total. The maximum atomic E-state index is 10.6. The van der Waals surface area contributed by atoms with Crippen LogP contribution in [0.1, 0.15) is 0 Å². The van der Waals surface area contributed by atoms with E-state index in [9.17, 15) is 4.79 Å². The Morgan fingerprint density at radius 1 is 1.56 bits per heavy atom. The molecule has 54 valence electrons. The molecule has 0 aliphatic heterocycles. The van der Waals surface area contributed by atoms with Crippen molar-refractivity contribution in [3.8, 4) is 0 Å². The van der Waals surface area contributed by atoms with Crippen LogP contribution in [0.3, 0.4) is 0 Å². The zero-order valence-electron chi connectivity index (χ0n) is 5.88. The summed E-state index contributed by atoms with van der Waals surface area (Å²) >= 11 is 0. The molecule has 0 saturated heterocycles. The summed E-state index contributed by atoms with van der Waals surface area (Å²) in [5, 5.41) is 0. The van der Waals surface area contributed by atoms with E-state index in [2.05, 4.69) is 4.74 Å². The minimum absolute atomic E-state index is 0.330. The van der Waals surface area contributed by atoms with Gasteiger partial charge < -0.3 is 13.7 Å². The van der Waals surface area contributed by atoms with Gasteiger partial charge >= 0.3 is 6.09 Å². The summed E-state index contributed by atoms with van der Waals surface area (Å²) in [6.45, 7) is 0. The van der Waals surface area contributed by atoms with Crippen LogP contribution in [0.5, 0.6) is 0 Å². The molecule has 0 heterocycles. The molecule has 0 saturated carbocycles. The van der Waals surface area contributed by atoms with Crippen LogP contribution in [0.2, 0.25) is 0 Å². The molecular formula is C4H11NO3Si. The van der Waals surface area contributed by atoms with Gasteiger partial charge in [-0.3, -0.25) is 0 Å². The number of carbonyl (C=O) groups is 1. The van der Waals surface area contributed by atoms with E-state index in [4.69, 9.17) is 4.43 Å². The fourth-order valence-electron chi connectivity index (χ4n) is 0.402. The standard InChI is InChI=1S/C4H11NO3Si/c1-5(9-8-3)4(6)7-2/h9H2,1-3H3. The second-order valence-electron chi connectivity index (χ2n) is 1.59. The number of methoxy groups -OCH3 is 1. The smallest absolute Gasteiger partial charge is 0.402 e. The zero-order valence-corrected chi connectivity index (χ0v) is 7.29. The number of ether oxygens (including phenoxy) is 1. The molecule has 0 radical (unpaired) electrons. The van der Waals surface area contributed by atoms with Gasteiger partial charge in [0.25, 0.3) is 9.92 Å². The second-order valence-corrected chi connectivity index (χ2v) is 3.37. The van der Waals surface area contributed by atoms with E-state index < -0.39 is 9.92 Å². The average molecular weight is 149 g/mol. The number of amides is 1. The molecule has 0 aliphatic carbocycles. The first-order valence-corrected chi connectivity index (χ1v) is 3.71. The molecule has 0 N–H and O–H groups in total. The number of rotatable bonds is 2. The molecular weight excluding hydrogens is 138 g/mol. The van der Waals surface area contributed by atoms with Crippen LogP contribution in [-0.4, -0.2) is 41.9 Å². The molecule has 0 atom stereocenters. The number of hydrogen-bond donors (Lipinski definition) is 0. The van der Waals surface area contributed by atoms with E-state index in [1.165, 1.54) is 11.7 Å². The lowest BCUT2D eigenvalue weighted by atomic mass is 11.1. The summed E-state index contributed by atoms with van der Waals surface area (Å²) in [7, 11) is 3.73. The predicted octanol–water partition coefficient (Wildman–Crippen LogP) is -0.670. The highest BCUT2D eigenvalue weighted by molar-refractivity contribution is 6.28. The van der Waals surface area contributed by atoms with Gasteiger partial charge in [0.1, 0.15) is 0 Å². The van der Waals surface area contributed by atoms with Crippen LogP contribution in [0.15, 0.2) is 0 Å². The summed E-state index contributed by atoms with van der Waals surface area (Å²) in [5.41, 5.74) is 0. The van der Waals surface area contributed by atoms with Crippen molar-refractivity contribution < 1.29 is 14.0 Å². The van der Waals surface area contributed by atoms with E-state index in [1.807, 2.05) is 0 Å². The third-order valence-corrected chi connectivity index (χ3v) is 1.71. The van der Waals surface area contributed by atoms with E-state index in [0.717, 1.165) is 0 Å². The van der Waals surface area contributed by atoms with Crippen molar-refractivity contribution in [1.82, 2.24) is 4.57 Å². The first-order valence-electron chi connectivity index (χ1n) is 2.50. The van der Waals surface area contributed by atoms with Gasteiger partial charge in [0.15, 0.2) is 0 Å². The molecule has 0 aromatic carbocycles. The summed E-state index contributed by atoms with van der Waals surface area (Å²) < 4.78 is 10.7. The fourth-order valence-corrected chi connectivity index (χ4v) is 1.02. The number of carbonyl (C=O) groups excluding carboxylic acids is 1. The fraction of sp³-hybridized carbons (Fsp3) is 0.750. The Labute approximate surface area is 56.8 Å². The highest BCUT2D eigenvalue weighted by Gasteiger charge is 2.05. The lowest BCUT2D eigenvalue weighted by molar-refractivity contribution is 0.150. The van der Waals surface area contributed by atoms with Crippen LogP contribution in [-0.2, 0) is 9.16 Å². The number of hydrogen-bond acceptors (Lipinski definition) is 3. The van der Waals surface area contributed by atoms with E-state index in [1.54, 1.807) is 14.2 Å². The first kappa shape index (κ1) is 8.45. The largest absolute Gasteiger partial charge is 0.453 e. The summed E-state index contributed by atoms with van der Waals surface area (Å²) in [5.74, 6) is 0. The first-order chi connectivity index (χ1) is 4.22. The number of nitrogens with zero attached hydrogens (tertiary/aromatic N) is 1. The van der Waals surface area contributed by atoms with Gasteiger partial charge in [-0.15, -0.1) is 0 Å². The predicted molar refractivity (Wildman–Crippen MR) is 35.7 cm³/mol. The van der Waals surface area contributed by atoms with Crippen LogP contribution in [0, 0.1) is 0 Å². The summed E-state index contributed by atoms with van der Waals surface area (Å²) in [4.78, 5) is 10.6. The minimum Gasteiger partial charge on any atom is -0.453 e. The maximum absolute atomic E-state index is 10.6. The summed E-state index contributed by atoms with van der Waals surface area (Å²) in [6, 6.07) is 0. The molecule has 0 aromatic rings. The van der Waals surface area contributed by atoms with Crippen LogP contribution < -0.4 is 0 Å². The minimum atomic E-state index is -0.854. The van der Waals surface area contributed by atoms with Gasteiger partial charge in [-0.05, 0) is 0 Å². The van der Waals surface area contributed by atoms with E-state index in [-0.39, 0.29) is 6.09 Å². The van der Waals surface area contributed by atoms with Crippen LogP contribution >= 0.6 is 0 Å². The average Bonchev–Trinajstić information content (AvgIpc) is 1.87. The molecule has 0 aliphatic rings. The Hall–Kier alpha value is -0.553. The maximum Gasteiger partial charge on any atom is 0.402 e. The van der Waals surface area contributed by atoms with E-state index in [0.29, 0.717) is 0 Å². The molecule has 5 heteroatoms. The highest BCUT2D eigenvalue weighted by atomic mass is 28.2. The second kappa shape index (κ2) is 4.34. The third kappa shape index (κ3) is 3.10. The molecule has 0 aromatic heterocycles. The molecule has 0 unspecified atom stereocenters. The van der Waals surface area contributed by atoms with Crippen molar-refractivity contribution in [2.45, 2.75) is 0 Å². The van der Waals surface area contributed by atoms with Crippen LogP contribution in [0.4, 0.5) is 4.79 Å². The lowest BCUT2D eigenvalue weighted by Gasteiger charge is -2.12. The topological polar surface area (TPSA) is 38.8 Å². The Balaban J connectivity index is 3.45. The van der Waals surface area contributed by atoms with Gasteiger partial charge in [-0.1, -0.05) is 0 Å². The van der Waals surface area contributed by atoms with E-state index >= 15 is 0 Å². The zero-order chi connectivity index (χ0) is 7.28.